The first kappa shape index (κ1) is 13.0. The number of aromatic nitrogens is 5. The van der Waals surface area contributed by atoms with Gasteiger partial charge >= 0.3 is 0 Å². The zero-order chi connectivity index (χ0) is 14.7. The Balaban J connectivity index is 1.66. The Kier molecular flexibility index (Phi) is 3.46. The van der Waals surface area contributed by atoms with Gasteiger partial charge in [-0.1, -0.05) is 6.07 Å². The predicted octanol–water partition coefficient (Wildman–Crippen LogP) is 1.32. The van der Waals surface area contributed by atoms with Gasteiger partial charge in [0.2, 0.25) is 5.91 Å². The van der Waals surface area contributed by atoms with Crippen molar-refractivity contribution in [1.29, 1.82) is 0 Å². The second-order valence-electron chi connectivity index (χ2n) is 4.56. The van der Waals surface area contributed by atoms with Crippen LogP contribution in [0.1, 0.15) is 0 Å². The summed E-state index contributed by atoms with van der Waals surface area (Å²) < 4.78 is 3.21. The Morgan fingerprint density at radius 2 is 2.19 bits per heavy atom. The van der Waals surface area contributed by atoms with E-state index in [1.54, 1.807) is 41.2 Å². The minimum atomic E-state index is -0.154. The first-order valence-electron chi connectivity index (χ1n) is 6.44. The molecule has 3 rings (SSSR count). The summed E-state index contributed by atoms with van der Waals surface area (Å²) in [5.41, 5.74) is 2.19. The summed E-state index contributed by atoms with van der Waals surface area (Å²) in [5, 5.41) is 11.1. The Morgan fingerprint density at radius 3 is 2.90 bits per heavy atom. The van der Waals surface area contributed by atoms with Crippen LogP contribution >= 0.6 is 0 Å². The number of amides is 1. The molecule has 7 heteroatoms. The van der Waals surface area contributed by atoms with Crippen LogP contribution in [0.3, 0.4) is 0 Å². The van der Waals surface area contributed by atoms with Crippen molar-refractivity contribution in [2.24, 2.45) is 7.05 Å². The fraction of sp³-hybridized carbons (Fsp3) is 0.143. The highest BCUT2D eigenvalue weighted by molar-refractivity contribution is 5.90. The number of carbonyl (C=O) groups excluding carboxylic acids is 1. The van der Waals surface area contributed by atoms with Gasteiger partial charge in [0.05, 0.1) is 17.6 Å². The predicted molar refractivity (Wildman–Crippen MR) is 77.3 cm³/mol. The summed E-state index contributed by atoms with van der Waals surface area (Å²) in [6.07, 6.45) is 6.80. The molecule has 106 valence electrons. The Bertz CT molecular complexity index is 746. The van der Waals surface area contributed by atoms with Crippen molar-refractivity contribution in [3.63, 3.8) is 0 Å². The number of pyridine rings is 1. The first-order chi connectivity index (χ1) is 10.2. The maximum Gasteiger partial charge on any atom is 0.246 e. The lowest BCUT2D eigenvalue weighted by atomic mass is 10.3. The topological polar surface area (TPSA) is 77.6 Å². The van der Waals surface area contributed by atoms with Crippen LogP contribution in [0, 0.1) is 0 Å². The number of anilines is 1. The number of aryl methyl sites for hydroxylation is 1. The summed E-state index contributed by atoms with van der Waals surface area (Å²) in [7, 11) is 1.79. The third-order valence-corrected chi connectivity index (χ3v) is 2.86. The van der Waals surface area contributed by atoms with Gasteiger partial charge in [0, 0.05) is 25.6 Å². The van der Waals surface area contributed by atoms with Gasteiger partial charge in [-0.2, -0.15) is 10.2 Å². The van der Waals surface area contributed by atoms with Crippen LogP contribution in [0.2, 0.25) is 0 Å². The van der Waals surface area contributed by atoms with E-state index in [1.807, 2.05) is 24.3 Å². The van der Waals surface area contributed by atoms with Crippen LogP contribution in [0.15, 0.2) is 49.1 Å². The molecule has 0 radical (unpaired) electrons. The highest BCUT2D eigenvalue weighted by Gasteiger charge is 2.08. The van der Waals surface area contributed by atoms with Crippen LogP contribution in [0.5, 0.6) is 0 Å². The maximum atomic E-state index is 11.9. The molecule has 3 aromatic rings. The standard InChI is InChI=1S/C14H14N6O/c1-19-9-11(8-16-19)17-14(21)10-20-7-5-13(18-20)12-4-2-3-6-15-12/h2-9H,10H2,1H3,(H,17,21). The smallest absolute Gasteiger partial charge is 0.246 e. The van der Waals surface area contributed by atoms with Gasteiger partial charge in [-0.25, -0.2) is 0 Å². The number of nitrogens with zero attached hydrogens (tertiary/aromatic N) is 5. The molecule has 0 aliphatic heterocycles. The Labute approximate surface area is 121 Å². The third kappa shape index (κ3) is 3.14. The van der Waals surface area contributed by atoms with Gasteiger partial charge in [-0.3, -0.25) is 19.1 Å². The summed E-state index contributed by atoms with van der Waals surface area (Å²) >= 11 is 0. The van der Waals surface area contributed by atoms with E-state index >= 15 is 0 Å². The number of nitrogens with one attached hydrogen (secondary N) is 1. The molecule has 0 bridgehead atoms. The van der Waals surface area contributed by atoms with E-state index in [9.17, 15) is 4.79 Å². The molecule has 3 heterocycles. The second-order valence-corrected chi connectivity index (χ2v) is 4.56. The molecule has 0 aromatic carbocycles. The molecular weight excluding hydrogens is 268 g/mol. The Morgan fingerprint density at radius 1 is 1.29 bits per heavy atom. The molecule has 0 spiro atoms. The molecule has 7 nitrogen and oxygen atoms in total. The first-order valence-corrected chi connectivity index (χ1v) is 6.44. The zero-order valence-electron chi connectivity index (χ0n) is 11.5. The van der Waals surface area contributed by atoms with E-state index in [-0.39, 0.29) is 12.5 Å². The van der Waals surface area contributed by atoms with Crippen molar-refractivity contribution >= 4 is 11.6 Å². The molecule has 1 N–H and O–H groups in total. The highest BCUT2D eigenvalue weighted by Crippen LogP contribution is 2.12. The molecule has 21 heavy (non-hydrogen) atoms. The maximum absolute atomic E-state index is 11.9. The summed E-state index contributed by atoms with van der Waals surface area (Å²) in [4.78, 5) is 16.1. The van der Waals surface area contributed by atoms with Crippen LogP contribution in [-0.4, -0.2) is 30.5 Å². The molecule has 0 saturated heterocycles. The van der Waals surface area contributed by atoms with Gasteiger partial charge in [0.15, 0.2) is 0 Å². The lowest BCUT2D eigenvalue weighted by Gasteiger charge is -2.02. The quantitative estimate of drug-likeness (QED) is 0.782. The van der Waals surface area contributed by atoms with Gasteiger partial charge < -0.3 is 5.32 Å². The van der Waals surface area contributed by atoms with Crippen LogP contribution in [-0.2, 0) is 18.4 Å². The zero-order valence-corrected chi connectivity index (χ0v) is 11.5. The molecule has 0 saturated carbocycles. The molecule has 0 unspecified atom stereocenters. The monoisotopic (exact) mass is 282 g/mol. The fourth-order valence-corrected chi connectivity index (χ4v) is 1.93. The number of hydrogen-bond acceptors (Lipinski definition) is 4. The van der Waals surface area contributed by atoms with Gasteiger partial charge in [0.25, 0.3) is 0 Å². The van der Waals surface area contributed by atoms with Gasteiger partial charge in [-0.15, -0.1) is 0 Å². The van der Waals surface area contributed by atoms with E-state index in [1.165, 1.54) is 0 Å². The van der Waals surface area contributed by atoms with E-state index in [0.717, 1.165) is 11.4 Å². The van der Waals surface area contributed by atoms with Crippen molar-refractivity contribution in [3.05, 3.63) is 49.1 Å². The lowest BCUT2D eigenvalue weighted by molar-refractivity contribution is -0.116. The third-order valence-electron chi connectivity index (χ3n) is 2.86. The van der Waals surface area contributed by atoms with Crippen molar-refractivity contribution < 1.29 is 4.79 Å². The molecule has 0 fully saturated rings. The molecule has 3 aromatic heterocycles. The molecular formula is C14H14N6O. The lowest BCUT2D eigenvalue weighted by Crippen LogP contribution is -2.18. The minimum Gasteiger partial charge on any atom is -0.322 e. The van der Waals surface area contributed by atoms with E-state index in [4.69, 9.17) is 0 Å². The molecule has 1 amide bonds. The number of rotatable bonds is 4. The second kappa shape index (κ2) is 5.58. The van der Waals surface area contributed by atoms with Crippen LogP contribution in [0.4, 0.5) is 5.69 Å². The molecule has 0 atom stereocenters. The average Bonchev–Trinajstić information content (AvgIpc) is 3.09. The Hall–Kier alpha value is -2.96. The van der Waals surface area contributed by atoms with Crippen molar-refractivity contribution in [1.82, 2.24) is 24.5 Å². The van der Waals surface area contributed by atoms with Crippen molar-refractivity contribution in [3.8, 4) is 11.4 Å². The highest BCUT2D eigenvalue weighted by atomic mass is 16.2. The van der Waals surface area contributed by atoms with Crippen LogP contribution < -0.4 is 5.32 Å². The van der Waals surface area contributed by atoms with E-state index in [2.05, 4.69) is 20.5 Å². The van der Waals surface area contributed by atoms with Crippen molar-refractivity contribution in [2.45, 2.75) is 6.54 Å². The molecule has 0 aliphatic carbocycles. The summed E-state index contributed by atoms with van der Waals surface area (Å²) in [6, 6.07) is 7.46. The summed E-state index contributed by atoms with van der Waals surface area (Å²) in [5.74, 6) is -0.154. The van der Waals surface area contributed by atoms with Crippen LogP contribution in [0.25, 0.3) is 11.4 Å². The fourth-order valence-electron chi connectivity index (χ4n) is 1.93. The van der Waals surface area contributed by atoms with Gasteiger partial charge in [-0.05, 0) is 18.2 Å². The number of hydrogen-bond donors (Lipinski definition) is 1. The van der Waals surface area contributed by atoms with Crippen molar-refractivity contribution in [2.75, 3.05) is 5.32 Å². The minimum absolute atomic E-state index is 0.141. The summed E-state index contributed by atoms with van der Waals surface area (Å²) in [6.45, 7) is 0.141. The normalized spacial score (nSPS) is 10.5. The SMILES string of the molecule is Cn1cc(NC(=O)Cn2ccc(-c3ccccn3)n2)cn1. The molecule has 0 aliphatic rings. The largest absolute Gasteiger partial charge is 0.322 e. The number of carbonyl (C=O) groups is 1. The van der Waals surface area contributed by atoms with E-state index < -0.39 is 0 Å². The van der Waals surface area contributed by atoms with Gasteiger partial charge in [0.1, 0.15) is 12.2 Å². The van der Waals surface area contributed by atoms with E-state index in [0.29, 0.717) is 5.69 Å². The average molecular weight is 282 g/mol.